The maximum atomic E-state index is 15.2. The third-order valence-electron chi connectivity index (χ3n) is 12.8. The van der Waals surface area contributed by atoms with E-state index >= 15 is 4.79 Å². The van der Waals surface area contributed by atoms with Crippen LogP contribution in [-0.4, -0.2) is 89.1 Å². The number of benzene rings is 7. The van der Waals surface area contributed by atoms with Crippen molar-refractivity contribution in [2.24, 2.45) is 9.98 Å². The highest BCUT2D eigenvalue weighted by Gasteiger charge is 2.33. The zero-order valence-electron chi connectivity index (χ0n) is 48.5. The van der Waals surface area contributed by atoms with Crippen molar-refractivity contribution in [3.63, 3.8) is 0 Å². The number of carbonyl (C=O) groups excluding carboxylic acids is 7. The van der Waals surface area contributed by atoms with E-state index in [2.05, 4.69) is 41.9 Å². The average molecular weight is 1280 g/mol. The highest BCUT2D eigenvalue weighted by atomic mass is 35.6. The molecule has 0 radical (unpaired) electrons. The maximum absolute atomic E-state index is 15.2. The van der Waals surface area contributed by atoms with Crippen LogP contribution in [-0.2, 0) is 83.9 Å². The van der Waals surface area contributed by atoms with E-state index in [1.54, 1.807) is 176 Å². The van der Waals surface area contributed by atoms with E-state index in [0.717, 1.165) is 5.56 Å². The van der Waals surface area contributed by atoms with E-state index in [9.17, 15) is 28.8 Å². The lowest BCUT2D eigenvalue weighted by molar-refractivity contribution is -0.148. The Morgan fingerprint density at radius 1 is 0.400 bits per heavy atom. The maximum Gasteiger partial charge on any atom is 0.437 e. The number of alkyl halides is 3. The van der Waals surface area contributed by atoms with Crippen molar-refractivity contribution in [2.75, 3.05) is 13.2 Å². The molecule has 24 heteroatoms. The number of amides is 6. The minimum Gasteiger partial charge on any atom is -0.489 e. The Kier molecular flexibility index (Phi) is 27.3. The van der Waals surface area contributed by atoms with Crippen LogP contribution in [0.2, 0.25) is 0 Å². The molecule has 0 unspecified atom stereocenters. The fourth-order valence-corrected chi connectivity index (χ4v) is 8.46. The van der Waals surface area contributed by atoms with Gasteiger partial charge in [0.2, 0.25) is 27.5 Å². The zero-order chi connectivity index (χ0) is 63.8. The van der Waals surface area contributed by atoms with E-state index in [-0.39, 0.29) is 71.2 Å². The Morgan fingerprint density at radius 2 is 0.778 bits per heavy atom. The van der Waals surface area contributed by atoms with Crippen molar-refractivity contribution in [1.29, 1.82) is 0 Å². The van der Waals surface area contributed by atoms with E-state index in [0.29, 0.717) is 39.1 Å². The van der Waals surface area contributed by atoms with Crippen LogP contribution in [0.1, 0.15) is 51.8 Å². The normalized spacial score (nSPS) is 12.3. The summed E-state index contributed by atoms with van der Waals surface area (Å²) in [4.78, 5) is 105. The molecule has 0 aliphatic heterocycles. The molecule has 468 valence electrons. The van der Waals surface area contributed by atoms with Gasteiger partial charge in [0.25, 0.3) is 0 Å². The summed E-state index contributed by atoms with van der Waals surface area (Å²) in [5.41, 5.74) is 4.68. The first kappa shape index (κ1) is 67.5. The standard InChI is InChI=1S/C66H65Cl3N8O13/c67-66(68,69)45-90-59(80)56(39-46-20-7-1-8-21-46)72-57(78)54(32-19-37-70-60(74-62(81)86-41-49-24-11-3-12-25-49)75-63(82)87-42-50-26-13-4-14-27-50)71-58(79)55(38-47-33-35-53(36-34-47)85-40-48-22-9-2-10-23-48)73-61(76-64(83)88-43-51-28-15-5-16-29-51)77-65(84)89-44-52-30-17-6-18-31-52/h1-18,20-31,33-36,54-56H,19,32,37-45H2,(H,71,79)(H,72,78)(H2,70,74,75,81,82)(H2,73,76,77,83,84)/t54-,55+,56+/m1/s1. The summed E-state index contributed by atoms with van der Waals surface area (Å²) in [6.45, 7) is -1.18. The fourth-order valence-electron chi connectivity index (χ4n) is 8.30. The topological polar surface area (TPSA) is 272 Å². The number of aliphatic imine (C=N–C) groups is 2. The van der Waals surface area contributed by atoms with Crippen molar-refractivity contribution in [3.05, 3.63) is 245 Å². The van der Waals surface area contributed by atoms with Crippen molar-refractivity contribution < 1.29 is 62.0 Å². The Morgan fingerprint density at radius 3 is 1.24 bits per heavy atom. The number of alkyl carbamates (subject to hydrolysis) is 2. The lowest BCUT2D eigenvalue weighted by Gasteiger charge is -2.26. The summed E-state index contributed by atoms with van der Waals surface area (Å²) < 4.78 is 31.1. The van der Waals surface area contributed by atoms with E-state index in [1.165, 1.54) is 0 Å². The second kappa shape index (κ2) is 36.4. The molecule has 0 saturated heterocycles. The Hall–Kier alpha value is -9.96. The van der Waals surface area contributed by atoms with E-state index in [1.807, 2.05) is 30.3 Å². The van der Waals surface area contributed by atoms with Crippen LogP contribution in [0.4, 0.5) is 19.2 Å². The Balaban J connectivity index is 1.18. The number of nitrogens with zero attached hydrogens (tertiary/aromatic N) is 2. The molecule has 7 aromatic rings. The molecule has 0 heterocycles. The molecule has 0 saturated carbocycles. The quantitative estimate of drug-likeness (QED) is 0.00735. The number of hydrogen-bond acceptors (Lipinski definition) is 13. The van der Waals surface area contributed by atoms with Gasteiger partial charge in [0.1, 0.15) is 63.5 Å². The molecule has 0 spiro atoms. The first-order valence-corrected chi connectivity index (χ1v) is 29.4. The summed E-state index contributed by atoms with van der Waals surface area (Å²) in [6, 6.07) is 55.7. The first-order valence-electron chi connectivity index (χ1n) is 28.3. The Bertz CT molecular complexity index is 3470. The summed E-state index contributed by atoms with van der Waals surface area (Å²) in [6.07, 6.45) is -4.81. The molecule has 0 aliphatic carbocycles. The van der Waals surface area contributed by atoms with Gasteiger partial charge >= 0.3 is 30.3 Å². The molecule has 6 amide bonds. The van der Waals surface area contributed by atoms with Crippen LogP contribution in [0.25, 0.3) is 0 Å². The second-order valence-electron chi connectivity index (χ2n) is 19.8. The van der Waals surface area contributed by atoms with Gasteiger partial charge in [-0.05, 0) is 63.9 Å². The molecule has 7 aromatic carbocycles. The molecule has 7 rings (SSSR count). The van der Waals surface area contributed by atoms with Gasteiger partial charge in [-0.3, -0.25) is 20.2 Å². The van der Waals surface area contributed by atoms with Gasteiger partial charge < -0.3 is 49.7 Å². The highest BCUT2D eigenvalue weighted by molar-refractivity contribution is 6.67. The largest absolute Gasteiger partial charge is 0.489 e. The lowest BCUT2D eigenvalue weighted by atomic mass is 10.0. The molecule has 21 nitrogen and oxygen atoms in total. The third-order valence-corrected chi connectivity index (χ3v) is 13.1. The van der Waals surface area contributed by atoms with Crippen LogP contribution >= 0.6 is 34.8 Å². The minimum atomic E-state index is -2.01. The number of nitrogens with one attached hydrogen (secondary N) is 6. The number of halogens is 3. The number of carbonyl (C=O) groups is 7. The predicted molar refractivity (Wildman–Crippen MR) is 338 cm³/mol. The summed E-state index contributed by atoms with van der Waals surface area (Å²) in [5.74, 6) is -3.19. The van der Waals surface area contributed by atoms with Crippen LogP contribution in [0.15, 0.2) is 216 Å². The van der Waals surface area contributed by atoms with E-state index < -0.39 is 76.6 Å². The SMILES string of the molecule is O=C(/N=C(/NCCC[C@@H](NC(=O)[C@H](Cc1ccc(OCc2ccccc2)cc1)N/C(=N/C(=O)OCc1ccccc1)NC(=O)OCc1ccccc1)C(=O)N[C@@H](Cc1ccccc1)C(=O)OCC(Cl)(Cl)Cl)NC(=O)OCc1ccccc1)OCc1ccccc1. The molecule has 0 fully saturated rings. The third kappa shape index (κ3) is 25.8. The summed E-state index contributed by atoms with van der Waals surface area (Å²) >= 11 is 17.9. The molecule has 3 atom stereocenters. The van der Waals surface area contributed by atoms with Crippen molar-refractivity contribution in [1.82, 2.24) is 31.9 Å². The van der Waals surface area contributed by atoms with Gasteiger partial charge in [0.15, 0.2) is 0 Å². The lowest BCUT2D eigenvalue weighted by Crippen LogP contribution is -2.58. The molecule has 0 bridgehead atoms. The Labute approximate surface area is 534 Å². The average Bonchev–Trinajstić information content (AvgIpc) is 2.69. The zero-order valence-corrected chi connectivity index (χ0v) is 50.7. The van der Waals surface area contributed by atoms with Crippen LogP contribution in [0, 0.1) is 0 Å². The van der Waals surface area contributed by atoms with Crippen molar-refractivity contribution in [2.45, 2.75) is 80.6 Å². The molecule has 90 heavy (non-hydrogen) atoms. The van der Waals surface area contributed by atoms with Gasteiger partial charge in [-0.2, -0.15) is 0 Å². The summed E-state index contributed by atoms with van der Waals surface area (Å²) in [7, 11) is 0. The molecule has 0 aliphatic rings. The molecule has 0 aromatic heterocycles. The predicted octanol–water partition coefficient (Wildman–Crippen LogP) is 10.5. The fraction of sp³-hybridized carbons (Fsp3) is 0.227. The molecule has 6 N–H and O–H groups in total. The second-order valence-corrected chi connectivity index (χ2v) is 22.3. The van der Waals surface area contributed by atoms with Crippen molar-refractivity contribution >= 4 is 88.9 Å². The van der Waals surface area contributed by atoms with E-state index in [4.69, 9.17) is 63.2 Å². The number of ether oxygens (including phenoxy) is 6. The number of guanidine groups is 2. The van der Waals surface area contributed by atoms with Crippen LogP contribution in [0.3, 0.4) is 0 Å². The number of hydrogen-bond donors (Lipinski definition) is 6. The van der Waals surface area contributed by atoms with Crippen molar-refractivity contribution in [3.8, 4) is 5.75 Å². The van der Waals surface area contributed by atoms with Gasteiger partial charge in [-0.1, -0.05) is 229 Å². The van der Waals surface area contributed by atoms with Gasteiger partial charge in [-0.15, -0.1) is 9.98 Å². The first-order chi connectivity index (χ1) is 43.6. The summed E-state index contributed by atoms with van der Waals surface area (Å²) in [5, 5.41) is 16.1. The van der Waals surface area contributed by atoms with Gasteiger partial charge in [0, 0.05) is 19.4 Å². The van der Waals surface area contributed by atoms with Gasteiger partial charge in [-0.25, -0.2) is 24.0 Å². The molecular weight excluding hydrogens is 1220 g/mol. The minimum absolute atomic E-state index is 0.0183. The van der Waals surface area contributed by atoms with Crippen LogP contribution < -0.4 is 36.6 Å². The van der Waals surface area contributed by atoms with Gasteiger partial charge in [0.05, 0.1) is 0 Å². The monoisotopic (exact) mass is 1280 g/mol. The number of rotatable bonds is 26. The number of esters is 1. The molecular formula is C66H65Cl3N8O13. The highest BCUT2D eigenvalue weighted by Crippen LogP contribution is 2.26. The van der Waals surface area contributed by atoms with Crippen LogP contribution in [0.5, 0.6) is 5.75 Å². The smallest absolute Gasteiger partial charge is 0.437 e.